The molecule has 3 rings (SSSR count). The number of hydrazone groups is 1. The van der Waals surface area contributed by atoms with Gasteiger partial charge in [0, 0.05) is 11.3 Å². The van der Waals surface area contributed by atoms with E-state index in [0.29, 0.717) is 65.5 Å². The third-order valence-electron chi connectivity index (χ3n) is 5.26. The van der Waals surface area contributed by atoms with Crippen molar-refractivity contribution in [1.29, 1.82) is 0 Å². The standard InChI is InChI=1S/C26H32N4O6/c1-7-34-21-14-18(15-22(35-8-2)24(21)36-9-3)25(31)28-27-16(4)23-17(5)29-30(26(23)32)19-10-12-20(33-6)13-11-19/h10-15,29H,7-9H2,1-6H3,(H,28,31)/b27-16+. The lowest BCUT2D eigenvalue weighted by Gasteiger charge is -2.16. The lowest BCUT2D eigenvalue weighted by molar-refractivity contribution is 0.0953. The van der Waals surface area contributed by atoms with Crippen molar-refractivity contribution in [1.82, 2.24) is 15.2 Å². The van der Waals surface area contributed by atoms with Gasteiger partial charge in [0.2, 0.25) is 5.75 Å². The molecule has 0 aliphatic rings. The Labute approximate surface area is 209 Å². The third kappa shape index (κ3) is 5.70. The van der Waals surface area contributed by atoms with Gasteiger partial charge < -0.3 is 18.9 Å². The Balaban J connectivity index is 1.89. The SMILES string of the molecule is CCOc1cc(C(=O)N/N=C(\C)c2c(C)[nH]n(-c3ccc(OC)cc3)c2=O)cc(OCC)c1OCC. The Morgan fingerprint density at radius 2 is 1.58 bits per heavy atom. The largest absolute Gasteiger partial charge is 0.497 e. The van der Waals surface area contributed by atoms with Crippen LogP contribution in [0.4, 0.5) is 0 Å². The number of aromatic amines is 1. The fourth-order valence-electron chi connectivity index (χ4n) is 3.66. The second kappa shape index (κ2) is 12.0. The molecule has 0 saturated heterocycles. The van der Waals surface area contributed by atoms with Gasteiger partial charge in [-0.2, -0.15) is 5.10 Å². The quantitative estimate of drug-likeness (QED) is 0.308. The molecule has 0 radical (unpaired) electrons. The number of hydrogen-bond acceptors (Lipinski definition) is 7. The highest BCUT2D eigenvalue weighted by Gasteiger charge is 2.19. The molecule has 0 bridgehead atoms. The summed E-state index contributed by atoms with van der Waals surface area (Å²) in [6.07, 6.45) is 0. The summed E-state index contributed by atoms with van der Waals surface area (Å²) in [5, 5.41) is 7.24. The molecule has 3 aromatic rings. The Morgan fingerprint density at radius 3 is 2.11 bits per heavy atom. The van der Waals surface area contributed by atoms with Gasteiger partial charge >= 0.3 is 0 Å². The first-order chi connectivity index (χ1) is 17.3. The normalized spacial score (nSPS) is 11.2. The monoisotopic (exact) mass is 496 g/mol. The van der Waals surface area contributed by atoms with Crippen molar-refractivity contribution in [3.63, 3.8) is 0 Å². The highest BCUT2D eigenvalue weighted by atomic mass is 16.5. The minimum atomic E-state index is -0.483. The van der Waals surface area contributed by atoms with Crippen LogP contribution in [0.3, 0.4) is 0 Å². The maximum atomic E-state index is 13.1. The van der Waals surface area contributed by atoms with Crippen molar-refractivity contribution < 1.29 is 23.7 Å². The fourth-order valence-corrected chi connectivity index (χ4v) is 3.66. The lowest BCUT2D eigenvalue weighted by atomic mass is 10.1. The molecule has 10 nitrogen and oxygen atoms in total. The maximum Gasteiger partial charge on any atom is 0.280 e. The first-order valence-corrected chi connectivity index (χ1v) is 11.7. The molecule has 192 valence electrons. The number of methoxy groups -OCH3 is 1. The molecule has 0 atom stereocenters. The Morgan fingerprint density at radius 1 is 1.00 bits per heavy atom. The van der Waals surface area contributed by atoms with Crippen molar-refractivity contribution >= 4 is 11.6 Å². The van der Waals surface area contributed by atoms with E-state index >= 15 is 0 Å². The summed E-state index contributed by atoms with van der Waals surface area (Å²) in [4.78, 5) is 26.0. The van der Waals surface area contributed by atoms with E-state index in [1.165, 1.54) is 4.68 Å². The number of carbonyl (C=O) groups is 1. The van der Waals surface area contributed by atoms with E-state index in [1.54, 1.807) is 57.4 Å². The van der Waals surface area contributed by atoms with Gasteiger partial charge in [0.15, 0.2) is 11.5 Å². The van der Waals surface area contributed by atoms with Gasteiger partial charge in [0.25, 0.3) is 11.5 Å². The number of amides is 1. The maximum absolute atomic E-state index is 13.1. The Kier molecular flexibility index (Phi) is 8.77. The van der Waals surface area contributed by atoms with E-state index in [2.05, 4.69) is 15.6 Å². The minimum Gasteiger partial charge on any atom is -0.497 e. The third-order valence-corrected chi connectivity index (χ3v) is 5.26. The van der Waals surface area contributed by atoms with Crippen molar-refractivity contribution in [3.8, 4) is 28.7 Å². The van der Waals surface area contributed by atoms with Crippen LogP contribution in [0.2, 0.25) is 0 Å². The highest BCUT2D eigenvalue weighted by molar-refractivity contribution is 6.01. The van der Waals surface area contributed by atoms with Crippen LogP contribution in [0.1, 0.15) is 49.3 Å². The molecule has 0 saturated carbocycles. The molecule has 1 amide bonds. The van der Waals surface area contributed by atoms with Crippen molar-refractivity contribution in [2.75, 3.05) is 26.9 Å². The first kappa shape index (κ1) is 26.4. The summed E-state index contributed by atoms with van der Waals surface area (Å²) >= 11 is 0. The Hall–Kier alpha value is -4.21. The van der Waals surface area contributed by atoms with Crippen LogP contribution in [0.15, 0.2) is 46.3 Å². The molecule has 2 aromatic carbocycles. The molecule has 1 aromatic heterocycles. The first-order valence-electron chi connectivity index (χ1n) is 11.7. The van der Waals surface area contributed by atoms with Crippen LogP contribution in [-0.4, -0.2) is 48.3 Å². The second-order valence-electron chi connectivity index (χ2n) is 7.69. The topological polar surface area (TPSA) is 116 Å². The average molecular weight is 497 g/mol. The van der Waals surface area contributed by atoms with Crippen LogP contribution in [0, 0.1) is 6.92 Å². The predicted molar refractivity (Wildman–Crippen MR) is 137 cm³/mol. The molecular formula is C26H32N4O6. The average Bonchev–Trinajstić information content (AvgIpc) is 3.18. The number of aromatic nitrogens is 2. The number of nitrogens with zero attached hydrogens (tertiary/aromatic N) is 2. The van der Waals surface area contributed by atoms with Crippen LogP contribution < -0.4 is 29.9 Å². The molecule has 0 fully saturated rings. The summed E-state index contributed by atoms with van der Waals surface area (Å²) < 4.78 is 23.6. The zero-order chi connectivity index (χ0) is 26.2. The van der Waals surface area contributed by atoms with Crippen LogP contribution in [0.25, 0.3) is 5.69 Å². The molecule has 0 aliphatic carbocycles. The number of carbonyl (C=O) groups excluding carboxylic acids is 1. The van der Waals surface area contributed by atoms with E-state index < -0.39 is 5.91 Å². The van der Waals surface area contributed by atoms with Crippen molar-refractivity contribution in [2.45, 2.75) is 34.6 Å². The number of nitrogens with one attached hydrogen (secondary N) is 2. The minimum absolute atomic E-state index is 0.281. The number of aryl methyl sites for hydroxylation is 1. The number of H-pyrrole nitrogens is 1. The van der Waals surface area contributed by atoms with E-state index in [4.69, 9.17) is 18.9 Å². The van der Waals surface area contributed by atoms with Gasteiger partial charge in [-0.25, -0.2) is 10.1 Å². The molecule has 0 spiro atoms. The Bertz CT molecular complexity index is 1260. The molecule has 0 aliphatic heterocycles. The molecule has 2 N–H and O–H groups in total. The fraction of sp³-hybridized carbons (Fsp3) is 0.346. The van der Waals surface area contributed by atoms with Gasteiger partial charge in [0.05, 0.1) is 43.9 Å². The highest BCUT2D eigenvalue weighted by Crippen LogP contribution is 2.39. The molecule has 0 unspecified atom stereocenters. The number of rotatable bonds is 11. The van der Waals surface area contributed by atoms with E-state index in [1.807, 2.05) is 20.8 Å². The number of hydrogen-bond donors (Lipinski definition) is 2. The number of ether oxygens (including phenoxy) is 4. The summed E-state index contributed by atoms with van der Waals surface area (Å²) in [7, 11) is 1.58. The van der Waals surface area contributed by atoms with Crippen molar-refractivity contribution in [3.05, 3.63) is 63.6 Å². The van der Waals surface area contributed by atoms with Crippen LogP contribution in [-0.2, 0) is 0 Å². The van der Waals surface area contributed by atoms with Crippen LogP contribution in [0.5, 0.6) is 23.0 Å². The zero-order valence-corrected chi connectivity index (χ0v) is 21.4. The van der Waals surface area contributed by atoms with E-state index in [0.717, 1.165) is 0 Å². The van der Waals surface area contributed by atoms with Gasteiger partial charge in [-0.1, -0.05) is 0 Å². The summed E-state index contributed by atoms with van der Waals surface area (Å²) in [6, 6.07) is 10.2. The van der Waals surface area contributed by atoms with Crippen LogP contribution >= 0.6 is 0 Å². The van der Waals surface area contributed by atoms with E-state index in [9.17, 15) is 9.59 Å². The van der Waals surface area contributed by atoms with Gasteiger partial charge in [0.1, 0.15) is 5.75 Å². The van der Waals surface area contributed by atoms with Gasteiger partial charge in [-0.15, -0.1) is 0 Å². The molecule has 10 heteroatoms. The van der Waals surface area contributed by atoms with Gasteiger partial charge in [-0.3, -0.25) is 14.7 Å². The van der Waals surface area contributed by atoms with E-state index in [-0.39, 0.29) is 11.1 Å². The summed E-state index contributed by atoms with van der Waals surface area (Å²) in [6.45, 7) is 10.2. The van der Waals surface area contributed by atoms with Crippen molar-refractivity contribution in [2.24, 2.45) is 5.10 Å². The smallest absolute Gasteiger partial charge is 0.280 e. The lowest BCUT2D eigenvalue weighted by Crippen LogP contribution is -2.23. The predicted octanol–water partition coefficient (Wildman–Crippen LogP) is 3.83. The summed E-state index contributed by atoms with van der Waals surface area (Å²) in [5.41, 5.74) is 4.50. The zero-order valence-electron chi connectivity index (χ0n) is 21.4. The number of benzene rings is 2. The molecular weight excluding hydrogens is 464 g/mol. The van der Waals surface area contributed by atoms with Gasteiger partial charge in [-0.05, 0) is 71.0 Å². The molecule has 1 heterocycles. The summed E-state index contributed by atoms with van der Waals surface area (Å²) in [5.74, 6) is 1.45. The second-order valence-corrected chi connectivity index (χ2v) is 7.69. The molecule has 36 heavy (non-hydrogen) atoms.